The first-order valence-corrected chi connectivity index (χ1v) is 9.62. The molecule has 150 valence electrons. The topological polar surface area (TPSA) is 67.4 Å². The number of carbonyl (C=O) groups excluding carboxylic acids is 2. The van der Waals surface area contributed by atoms with Crippen molar-refractivity contribution in [3.8, 4) is 5.75 Å². The van der Waals surface area contributed by atoms with Crippen molar-refractivity contribution in [1.82, 2.24) is 0 Å². The number of hydrogen-bond donors (Lipinski definition) is 2. The number of aryl methyl sites for hydroxylation is 1. The highest BCUT2D eigenvalue weighted by molar-refractivity contribution is 6.14. The SMILES string of the molecule is CCOc1ccc(NC(=O)C(C)(C)C(=O)Nc2c(C)cccc2C(C)C)cc1. The van der Waals surface area contributed by atoms with E-state index in [9.17, 15) is 9.59 Å². The number of para-hydroxylation sites is 1. The zero-order valence-electron chi connectivity index (χ0n) is 17.6. The first-order chi connectivity index (χ1) is 13.2. The molecule has 0 radical (unpaired) electrons. The van der Waals surface area contributed by atoms with Gasteiger partial charge in [0.25, 0.3) is 0 Å². The summed E-state index contributed by atoms with van der Waals surface area (Å²) in [6.45, 7) is 11.8. The van der Waals surface area contributed by atoms with E-state index in [4.69, 9.17) is 4.74 Å². The smallest absolute Gasteiger partial charge is 0.239 e. The predicted octanol–water partition coefficient (Wildman–Crippen LogP) is 5.12. The molecular weight excluding hydrogens is 352 g/mol. The highest BCUT2D eigenvalue weighted by Gasteiger charge is 2.36. The van der Waals surface area contributed by atoms with E-state index in [-0.39, 0.29) is 17.7 Å². The summed E-state index contributed by atoms with van der Waals surface area (Å²) in [5, 5.41) is 5.79. The van der Waals surface area contributed by atoms with Gasteiger partial charge in [0, 0.05) is 11.4 Å². The average Bonchev–Trinajstić information content (AvgIpc) is 2.64. The Hall–Kier alpha value is -2.82. The van der Waals surface area contributed by atoms with E-state index in [0.717, 1.165) is 22.6 Å². The number of benzene rings is 2. The Labute approximate surface area is 167 Å². The van der Waals surface area contributed by atoms with Gasteiger partial charge in [-0.3, -0.25) is 9.59 Å². The molecule has 0 aliphatic carbocycles. The lowest BCUT2D eigenvalue weighted by atomic mass is 9.90. The first-order valence-electron chi connectivity index (χ1n) is 9.62. The molecule has 0 aliphatic heterocycles. The maximum atomic E-state index is 12.9. The molecule has 0 heterocycles. The van der Waals surface area contributed by atoms with Crippen LogP contribution in [0.1, 0.15) is 51.7 Å². The maximum absolute atomic E-state index is 12.9. The van der Waals surface area contributed by atoms with Gasteiger partial charge in [0.2, 0.25) is 11.8 Å². The van der Waals surface area contributed by atoms with Crippen molar-refractivity contribution < 1.29 is 14.3 Å². The monoisotopic (exact) mass is 382 g/mol. The zero-order valence-corrected chi connectivity index (χ0v) is 17.6. The quantitative estimate of drug-likeness (QED) is 0.653. The molecular formula is C23H30N2O3. The van der Waals surface area contributed by atoms with Crippen LogP contribution in [-0.4, -0.2) is 18.4 Å². The summed E-state index contributed by atoms with van der Waals surface area (Å²) in [5.41, 5.74) is 2.19. The van der Waals surface area contributed by atoms with Crippen LogP contribution in [0, 0.1) is 12.3 Å². The lowest BCUT2D eigenvalue weighted by Gasteiger charge is -2.25. The summed E-state index contributed by atoms with van der Waals surface area (Å²) in [6.07, 6.45) is 0. The standard InChI is InChI=1S/C23H30N2O3/c1-7-28-18-13-11-17(12-14-18)24-21(26)23(5,6)22(27)25-20-16(4)9-8-10-19(20)15(2)3/h8-15H,7H2,1-6H3,(H,24,26)(H,25,27). The lowest BCUT2D eigenvalue weighted by molar-refractivity contribution is -0.135. The molecule has 5 nitrogen and oxygen atoms in total. The van der Waals surface area contributed by atoms with Crippen LogP contribution in [0.2, 0.25) is 0 Å². The fraction of sp³-hybridized carbons (Fsp3) is 0.391. The van der Waals surface area contributed by atoms with Crippen LogP contribution >= 0.6 is 0 Å². The summed E-state index contributed by atoms with van der Waals surface area (Å²) < 4.78 is 5.40. The molecule has 0 spiro atoms. The van der Waals surface area contributed by atoms with Crippen LogP contribution < -0.4 is 15.4 Å². The van der Waals surface area contributed by atoms with Gasteiger partial charge in [-0.25, -0.2) is 0 Å². The van der Waals surface area contributed by atoms with Crippen molar-refractivity contribution >= 4 is 23.2 Å². The van der Waals surface area contributed by atoms with E-state index in [1.807, 2.05) is 32.0 Å². The molecule has 28 heavy (non-hydrogen) atoms. The van der Waals surface area contributed by atoms with Gasteiger partial charge < -0.3 is 15.4 Å². The minimum atomic E-state index is -1.24. The van der Waals surface area contributed by atoms with Crippen LogP contribution in [0.3, 0.4) is 0 Å². The Bertz CT molecular complexity index is 839. The van der Waals surface area contributed by atoms with Crippen molar-refractivity contribution in [2.24, 2.45) is 5.41 Å². The predicted molar refractivity (Wildman–Crippen MR) is 114 cm³/mol. The highest BCUT2D eigenvalue weighted by Crippen LogP contribution is 2.30. The molecule has 2 amide bonds. The third-order valence-electron chi connectivity index (χ3n) is 4.72. The summed E-state index contributed by atoms with van der Waals surface area (Å²) in [6, 6.07) is 13.0. The second kappa shape index (κ2) is 8.91. The molecule has 2 rings (SSSR count). The van der Waals surface area contributed by atoms with Crippen molar-refractivity contribution in [3.05, 3.63) is 53.6 Å². The molecule has 0 aromatic heterocycles. The van der Waals surface area contributed by atoms with E-state index in [0.29, 0.717) is 12.3 Å². The Morgan fingerprint density at radius 3 is 2.18 bits per heavy atom. The zero-order chi connectivity index (χ0) is 20.9. The minimum absolute atomic E-state index is 0.260. The van der Waals surface area contributed by atoms with Crippen LogP contribution in [0.15, 0.2) is 42.5 Å². The van der Waals surface area contributed by atoms with Gasteiger partial charge in [0.05, 0.1) is 6.61 Å². The van der Waals surface area contributed by atoms with Crippen LogP contribution in [0.5, 0.6) is 5.75 Å². The fourth-order valence-corrected chi connectivity index (χ4v) is 2.80. The molecule has 0 aliphatic rings. The summed E-state index contributed by atoms with van der Waals surface area (Å²) in [4.78, 5) is 25.7. The molecule has 0 atom stereocenters. The fourth-order valence-electron chi connectivity index (χ4n) is 2.80. The van der Waals surface area contributed by atoms with Crippen LogP contribution in [0.4, 0.5) is 11.4 Å². The second-order valence-electron chi connectivity index (χ2n) is 7.68. The first kappa shape index (κ1) is 21.5. The van der Waals surface area contributed by atoms with Gasteiger partial charge in [-0.2, -0.15) is 0 Å². The number of carbonyl (C=O) groups is 2. The molecule has 5 heteroatoms. The summed E-state index contributed by atoms with van der Waals surface area (Å²) in [7, 11) is 0. The average molecular weight is 383 g/mol. The molecule has 0 bridgehead atoms. The van der Waals surface area contributed by atoms with Gasteiger partial charge in [-0.05, 0) is 69.0 Å². The third-order valence-corrected chi connectivity index (χ3v) is 4.72. The minimum Gasteiger partial charge on any atom is -0.494 e. The molecule has 2 N–H and O–H groups in total. The molecule has 0 fully saturated rings. The van der Waals surface area contributed by atoms with E-state index >= 15 is 0 Å². The third kappa shape index (κ3) is 4.91. The number of ether oxygens (including phenoxy) is 1. The van der Waals surface area contributed by atoms with Gasteiger partial charge >= 0.3 is 0 Å². The van der Waals surface area contributed by atoms with Gasteiger partial charge in [-0.1, -0.05) is 32.0 Å². The number of nitrogens with one attached hydrogen (secondary N) is 2. The Balaban J connectivity index is 2.15. The Morgan fingerprint density at radius 1 is 1.00 bits per heavy atom. The highest BCUT2D eigenvalue weighted by atomic mass is 16.5. The number of amides is 2. The summed E-state index contributed by atoms with van der Waals surface area (Å²) >= 11 is 0. The van der Waals surface area contributed by atoms with Crippen molar-refractivity contribution in [1.29, 1.82) is 0 Å². The number of anilines is 2. The van der Waals surface area contributed by atoms with Crippen molar-refractivity contribution in [2.75, 3.05) is 17.2 Å². The lowest BCUT2D eigenvalue weighted by Crippen LogP contribution is -2.41. The number of rotatable bonds is 7. The largest absolute Gasteiger partial charge is 0.494 e. The summed E-state index contributed by atoms with van der Waals surface area (Å²) in [5.74, 6) is 0.287. The Morgan fingerprint density at radius 2 is 1.61 bits per heavy atom. The molecule has 2 aromatic carbocycles. The van der Waals surface area contributed by atoms with Gasteiger partial charge in [-0.15, -0.1) is 0 Å². The Kier molecular flexibility index (Phi) is 6.84. The normalized spacial score (nSPS) is 11.2. The van der Waals surface area contributed by atoms with Crippen molar-refractivity contribution in [3.63, 3.8) is 0 Å². The number of hydrogen-bond acceptors (Lipinski definition) is 3. The van der Waals surface area contributed by atoms with Crippen LogP contribution in [-0.2, 0) is 9.59 Å². The van der Waals surface area contributed by atoms with Crippen LogP contribution in [0.25, 0.3) is 0 Å². The molecule has 0 saturated carbocycles. The molecule has 0 unspecified atom stereocenters. The maximum Gasteiger partial charge on any atom is 0.239 e. The second-order valence-corrected chi connectivity index (χ2v) is 7.68. The van der Waals surface area contributed by atoms with Gasteiger partial charge in [0.1, 0.15) is 11.2 Å². The van der Waals surface area contributed by atoms with E-state index in [1.54, 1.807) is 38.1 Å². The molecule has 0 saturated heterocycles. The van der Waals surface area contributed by atoms with E-state index in [2.05, 4.69) is 24.5 Å². The van der Waals surface area contributed by atoms with E-state index < -0.39 is 5.41 Å². The molecule has 2 aromatic rings. The van der Waals surface area contributed by atoms with Crippen molar-refractivity contribution in [2.45, 2.75) is 47.5 Å². The van der Waals surface area contributed by atoms with E-state index in [1.165, 1.54) is 0 Å². The van der Waals surface area contributed by atoms with Gasteiger partial charge in [0.15, 0.2) is 0 Å².